The molecular formula is C31H40N2O10. The molecule has 2 heterocycles. The number of carbonyl (C=O) groups excluding carboxylic acids is 4. The van der Waals surface area contributed by atoms with Crippen LogP contribution in [0.4, 0.5) is 4.79 Å². The first-order chi connectivity index (χ1) is 20.5. The Bertz CT molecular complexity index is 1250. The average Bonchev–Trinajstić information content (AvgIpc) is 3.03. The Hall–Kier alpha value is -4.19. The number of methoxy groups -OCH3 is 1. The second kappa shape index (κ2) is 15.9. The van der Waals surface area contributed by atoms with Crippen molar-refractivity contribution in [2.24, 2.45) is 17.8 Å². The van der Waals surface area contributed by atoms with Crippen LogP contribution in [0, 0.1) is 17.8 Å². The third-order valence-electron chi connectivity index (χ3n) is 6.53. The molecule has 12 nitrogen and oxygen atoms in total. The summed E-state index contributed by atoms with van der Waals surface area (Å²) in [4.78, 5) is 55.7. The third kappa shape index (κ3) is 9.67. The number of amides is 1. The largest absolute Gasteiger partial charge is 0.514 e. The van der Waals surface area contributed by atoms with Gasteiger partial charge in [0.15, 0.2) is 11.4 Å². The fourth-order valence-corrected chi connectivity index (χ4v) is 4.21. The van der Waals surface area contributed by atoms with Crippen LogP contribution in [0.2, 0.25) is 0 Å². The summed E-state index contributed by atoms with van der Waals surface area (Å²) < 4.78 is 33.1. The van der Waals surface area contributed by atoms with Gasteiger partial charge >= 0.3 is 18.1 Å². The normalized spacial score (nSPS) is 20.7. The Labute approximate surface area is 251 Å². The molecule has 1 amide bonds. The minimum atomic E-state index is -1.02. The van der Waals surface area contributed by atoms with Gasteiger partial charge in [-0.1, -0.05) is 58.0 Å². The van der Waals surface area contributed by atoms with E-state index in [1.807, 2.05) is 44.2 Å². The first kappa shape index (κ1) is 33.3. The zero-order valence-electron chi connectivity index (χ0n) is 25.4. The Balaban J connectivity index is 1.81. The molecule has 43 heavy (non-hydrogen) atoms. The van der Waals surface area contributed by atoms with E-state index in [1.54, 1.807) is 20.8 Å². The van der Waals surface area contributed by atoms with Gasteiger partial charge in [0.1, 0.15) is 18.6 Å². The number of esters is 2. The van der Waals surface area contributed by atoms with Crippen LogP contribution >= 0.6 is 0 Å². The lowest BCUT2D eigenvalue weighted by molar-refractivity contribution is -0.171. The summed E-state index contributed by atoms with van der Waals surface area (Å²) in [6, 6.07) is 9.92. The molecule has 2 aromatic rings. The van der Waals surface area contributed by atoms with Gasteiger partial charge in [-0.3, -0.25) is 14.4 Å². The molecule has 1 N–H and O–H groups in total. The maximum Gasteiger partial charge on any atom is 0.514 e. The lowest BCUT2D eigenvalue weighted by Gasteiger charge is -2.30. The molecule has 0 bridgehead atoms. The minimum Gasteiger partial charge on any atom is -0.493 e. The molecule has 0 aliphatic carbocycles. The van der Waals surface area contributed by atoms with Crippen molar-refractivity contribution in [1.29, 1.82) is 0 Å². The lowest BCUT2D eigenvalue weighted by Crippen LogP contribution is -2.44. The zero-order chi connectivity index (χ0) is 31.5. The number of hydrogen-bond acceptors (Lipinski definition) is 11. The fourth-order valence-electron chi connectivity index (χ4n) is 4.21. The summed E-state index contributed by atoms with van der Waals surface area (Å²) in [5.41, 5.74) is 0.612. The molecule has 0 spiro atoms. The van der Waals surface area contributed by atoms with Crippen molar-refractivity contribution >= 4 is 24.0 Å². The van der Waals surface area contributed by atoms with Gasteiger partial charge in [-0.25, -0.2) is 9.78 Å². The number of nitrogens with zero attached hydrogens (tertiary/aromatic N) is 1. The van der Waals surface area contributed by atoms with E-state index < -0.39 is 54.1 Å². The molecule has 4 atom stereocenters. The quantitative estimate of drug-likeness (QED) is 0.314. The van der Waals surface area contributed by atoms with E-state index in [9.17, 15) is 19.2 Å². The van der Waals surface area contributed by atoms with Crippen molar-refractivity contribution in [3.8, 4) is 11.5 Å². The fraction of sp³-hybridized carbons (Fsp3) is 0.516. The van der Waals surface area contributed by atoms with Crippen LogP contribution in [0.15, 0.2) is 42.6 Å². The molecule has 1 aromatic heterocycles. The topological polar surface area (TPSA) is 149 Å². The van der Waals surface area contributed by atoms with E-state index in [4.69, 9.17) is 28.4 Å². The molecule has 1 aliphatic heterocycles. The maximum atomic E-state index is 13.4. The second-order valence-corrected chi connectivity index (χ2v) is 10.9. The van der Waals surface area contributed by atoms with Gasteiger partial charge in [-0.2, -0.15) is 0 Å². The van der Waals surface area contributed by atoms with Crippen molar-refractivity contribution in [2.45, 2.75) is 59.3 Å². The van der Waals surface area contributed by atoms with Gasteiger partial charge in [-0.05, 0) is 24.8 Å². The summed E-state index contributed by atoms with van der Waals surface area (Å²) in [6.07, 6.45) is -1.10. The van der Waals surface area contributed by atoms with Crippen LogP contribution in [0.25, 0.3) is 0 Å². The summed E-state index contributed by atoms with van der Waals surface area (Å²) in [5.74, 6) is -3.15. The number of benzene rings is 1. The molecule has 1 aliphatic rings. The van der Waals surface area contributed by atoms with Crippen molar-refractivity contribution in [3.05, 3.63) is 53.9 Å². The van der Waals surface area contributed by atoms with Crippen LogP contribution in [0.3, 0.4) is 0 Å². The molecule has 0 saturated carbocycles. The van der Waals surface area contributed by atoms with Gasteiger partial charge < -0.3 is 33.7 Å². The highest BCUT2D eigenvalue weighted by Gasteiger charge is 2.40. The van der Waals surface area contributed by atoms with E-state index in [0.717, 1.165) is 5.56 Å². The van der Waals surface area contributed by atoms with Crippen LogP contribution in [-0.4, -0.2) is 74.2 Å². The standard InChI is InChI=1S/C31H40N2O10/c1-18(2)15-41-31(37)43-27-24(38-6)12-13-32-25(27)28(34)33-22-16-39-20(5)26(42-29(35)19(3)4)23(30(36)40-17-22)14-21-10-8-7-9-11-21/h7-13,18-20,22-23,26H,14-17H2,1-6H3,(H,33,34)/t20?,22-,23-,26+/m1/s1. The van der Waals surface area contributed by atoms with Crippen LogP contribution in [0.5, 0.6) is 11.5 Å². The Morgan fingerprint density at radius 1 is 1.07 bits per heavy atom. The van der Waals surface area contributed by atoms with Gasteiger partial charge in [0.2, 0.25) is 5.75 Å². The van der Waals surface area contributed by atoms with Gasteiger partial charge in [0.05, 0.1) is 38.4 Å². The molecule has 1 aromatic carbocycles. The van der Waals surface area contributed by atoms with E-state index in [0.29, 0.717) is 0 Å². The molecule has 234 valence electrons. The van der Waals surface area contributed by atoms with E-state index in [-0.39, 0.29) is 49.4 Å². The Morgan fingerprint density at radius 3 is 2.44 bits per heavy atom. The van der Waals surface area contributed by atoms with Gasteiger partial charge in [0.25, 0.3) is 5.91 Å². The predicted molar refractivity (Wildman–Crippen MR) is 154 cm³/mol. The monoisotopic (exact) mass is 600 g/mol. The van der Waals surface area contributed by atoms with Crippen molar-refractivity contribution < 1.29 is 47.6 Å². The molecule has 1 fully saturated rings. The number of carbonyl (C=O) groups is 4. The van der Waals surface area contributed by atoms with Crippen LogP contribution in [-0.2, 0) is 35.0 Å². The van der Waals surface area contributed by atoms with Crippen molar-refractivity contribution in [1.82, 2.24) is 10.3 Å². The van der Waals surface area contributed by atoms with Gasteiger partial charge in [0, 0.05) is 12.3 Å². The highest BCUT2D eigenvalue weighted by Crippen LogP contribution is 2.30. The highest BCUT2D eigenvalue weighted by molar-refractivity contribution is 5.96. The first-order valence-corrected chi connectivity index (χ1v) is 14.2. The summed E-state index contributed by atoms with van der Waals surface area (Å²) in [5, 5.41) is 2.73. The van der Waals surface area contributed by atoms with E-state index in [2.05, 4.69) is 10.3 Å². The number of nitrogens with one attached hydrogen (secondary N) is 1. The SMILES string of the molecule is COc1ccnc(C(=O)N[C@H]2COC(=O)[C@H](Cc3ccccc3)[C@@H](OC(=O)C(C)C)C(C)OC2)c1OC(=O)OCC(C)C. The summed E-state index contributed by atoms with van der Waals surface area (Å²) in [6.45, 7) is 8.64. The predicted octanol–water partition coefficient (Wildman–Crippen LogP) is 3.75. The maximum absolute atomic E-state index is 13.4. The molecular weight excluding hydrogens is 560 g/mol. The number of aromatic nitrogens is 1. The van der Waals surface area contributed by atoms with Crippen molar-refractivity contribution in [3.63, 3.8) is 0 Å². The zero-order valence-corrected chi connectivity index (χ0v) is 25.4. The summed E-state index contributed by atoms with van der Waals surface area (Å²) in [7, 11) is 1.35. The molecule has 12 heteroatoms. The van der Waals surface area contributed by atoms with Crippen LogP contribution < -0.4 is 14.8 Å². The molecule has 0 radical (unpaired) electrons. The smallest absolute Gasteiger partial charge is 0.493 e. The molecule has 1 unspecified atom stereocenters. The van der Waals surface area contributed by atoms with E-state index >= 15 is 0 Å². The number of hydrogen-bond donors (Lipinski definition) is 1. The number of cyclic esters (lactones) is 1. The number of ether oxygens (including phenoxy) is 6. The number of rotatable bonds is 10. The molecule has 1 saturated heterocycles. The van der Waals surface area contributed by atoms with Crippen molar-refractivity contribution in [2.75, 3.05) is 26.9 Å². The highest BCUT2D eigenvalue weighted by atomic mass is 16.7. The number of pyridine rings is 1. The second-order valence-electron chi connectivity index (χ2n) is 10.9. The van der Waals surface area contributed by atoms with Gasteiger partial charge in [-0.15, -0.1) is 0 Å². The minimum absolute atomic E-state index is 0.0698. The Kier molecular flexibility index (Phi) is 12.3. The van der Waals surface area contributed by atoms with E-state index in [1.165, 1.54) is 19.4 Å². The lowest BCUT2D eigenvalue weighted by atomic mass is 9.91. The summed E-state index contributed by atoms with van der Waals surface area (Å²) >= 11 is 0. The molecule has 3 rings (SSSR count). The average molecular weight is 601 g/mol. The van der Waals surface area contributed by atoms with Crippen LogP contribution in [0.1, 0.15) is 50.7 Å². The Morgan fingerprint density at radius 2 is 1.79 bits per heavy atom. The third-order valence-corrected chi connectivity index (χ3v) is 6.53. The first-order valence-electron chi connectivity index (χ1n) is 14.2.